The molecule has 0 amide bonds. The molecular weight excluding hydrogens is 366 g/mol. The number of methoxy groups -OCH3 is 1. The molecule has 0 aliphatic rings. The molecule has 0 saturated carbocycles. The van der Waals surface area contributed by atoms with E-state index in [0.29, 0.717) is 39.3 Å². The van der Waals surface area contributed by atoms with E-state index in [0.717, 1.165) is 5.56 Å². The number of benzene rings is 2. The van der Waals surface area contributed by atoms with Crippen LogP contribution in [0.5, 0.6) is 17.2 Å². The van der Waals surface area contributed by atoms with Crippen molar-refractivity contribution in [3.63, 3.8) is 0 Å². The van der Waals surface area contributed by atoms with Gasteiger partial charge in [-0.3, -0.25) is 4.98 Å². The highest BCUT2D eigenvalue weighted by Crippen LogP contribution is 2.38. The lowest BCUT2D eigenvalue weighted by Crippen LogP contribution is -2.04. The molecule has 3 aromatic rings. The maximum Gasteiger partial charge on any atom is 0.169 e. The molecule has 2 aromatic carbocycles. The third kappa shape index (κ3) is 3.83. The number of rotatable bonds is 5. The lowest BCUT2D eigenvalue weighted by Gasteiger charge is -2.16. The fourth-order valence-electron chi connectivity index (χ4n) is 2.68. The zero-order valence-electron chi connectivity index (χ0n) is 15.1. The number of ether oxygens (including phenoxy) is 2. The van der Waals surface area contributed by atoms with Crippen molar-refractivity contribution in [3.8, 4) is 23.3 Å². The molecule has 0 aliphatic heterocycles. The summed E-state index contributed by atoms with van der Waals surface area (Å²) in [4.78, 5) is 4.34. The monoisotopic (exact) mass is 383 g/mol. The SMILES string of the molecule is COc1cc2c(Nc3ccc(C)c(O)c3)c(C#N)cnc2cc1OC(C)Cl. The van der Waals surface area contributed by atoms with Gasteiger partial charge in [0.2, 0.25) is 0 Å². The summed E-state index contributed by atoms with van der Waals surface area (Å²) in [7, 11) is 1.53. The van der Waals surface area contributed by atoms with E-state index >= 15 is 0 Å². The summed E-state index contributed by atoms with van der Waals surface area (Å²) in [5, 5.41) is 23.3. The molecule has 0 bridgehead atoms. The molecular formula is C20H18ClN3O3. The van der Waals surface area contributed by atoms with Crippen molar-refractivity contribution in [2.75, 3.05) is 12.4 Å². The Bertz CT molecular complexity index is 1040. The number of hydrogen-bond donors (Lipinski definition) is 2. The summed E-state index contributed by atoms with van der Waals surface area (Å²) in [5.74, 6) is 1.10. The fraction of sp³-hybridized carbons (Fsp3) is 0.200. The van der Waals surface area contributed by atoms with Gasteiger partial charge in [0.15, 0.2) is 17.1 Å². The Morgan fingerprint density at radius 3 is 2.67 bits per heavy atom. The van der Waals surface area contributed by atoms with Crippen LogP contribution in [0.25, 0.3) is 10.9 Å². The molecule has 6 nitrogen and oxygen atoms in total. The number of anilines is 2. The van der Waals surface area contributed by atoms with E-state index in [1.807, 2.05) is 13.0 Å². The lowest BCUT2D eigenvalue weighted by molar-refractivity contribution is 0.281. The summed E-state index contributed by atoms with van der Waals surface area (Å²) in [6, 6.07) is 10.8. The first kappa shape index (κ1) is 18.6. The predicted octanol–water partition coefficient (Wildman–Crippen LogP) is 4.84. The first-order valence-corrected chi connectivity index (χ1v) is 8.64. The van der Waals surface area contributed by atoms with Gasteiger partial charge in [-0.25, -0.2) is 0 Å². The van der Waals surface area contributed by atoms with Gasteiger partial charge in [0.25, 0.3) is 0 Å². The Hall–Kier alpha value is -3.17. The van der Waals surface area contributed by atoms with E-state index in [-0.39, 0.29) is 5.75 Å². The van der Waals surface area contributed by atoms with E-state index in [1.54, 1.807) is 31.2 Å². The molecule has 0 aliphatic carbocycles. The fourth-order valence-corrected chi connectivity index (χ4v) is 2.77. The van der Waals surface area contributed by atoms with E-state index in [2.05, 4.69) is 16.4 Å². The Morgan fingerprint density at radius 1 is 1.26 bits per heavy atom. The maximum absolute atomic E-state index is 9.95. The normalized spacial score (nSPS) is 11.7. The van der Waals surface area contributed by atoms with Gasteiger partial charge in [0, 0.05) is 29.4 Å². The number of hydrogen-bond acceptors (Lipinski definition) is 6. The van der Waals surface area contributed by atoms with E-state index < -0.39 is 5.56 Å². The molecule has 1 heterocycles. The number of aromatic nitrogens is 1. The van der Waals surface area contributed by atoms with Crippen LogP contribution >= 0.6 is 11.6 Å². The van der Waals surface area contributed by atoms with Gasteiger partial charge in [-0.05, 0) is 31.5 Å². The summed E-state index contributed by atoms with van der Waals surface area (Å²) in [5.41, 5.74) is 2.41. The average molecular weight is 384 g/mol. The Morgan fingerprint density at radius 2 is 2.04 bits per heavy atom. The number of phenols is 1. The molecule has 1 aromatic heterocycles. The highest BCUT2D eigenvalue weighted by molar-refractivity contribution is 6.19. The highest BCUT2D eigenvalue weighted by Gasteiger charge is 2.15. The second kappa shape index (κ2) is 7.60. The minimum atomic E-state index is -0.539. The lowest BCUT2D eigenvalue weighted by atomic mass is 10.1. The van der Waals surface area contributed by atoms with Crippen LogP contribution in [0.15, 0.2) is 36.5 Å². The standard InChI is InChI=1S/C20H18ClN3O3/c1-11-4-5-14(6-17(11)25)24-20-13(9-22)10-23-16-8-19(27-12(2)21)18(26-3)7-15(16)20/h4-8,10,12,25H,1-3H3,(H,23,24). The molecule has 3 rings (SSSR count). The topological polar surface area (TPSA) is 87.4 Å². The Balaban J connectivity index is 2.17. The van der Waals surface area contributed by atoms with Crippen LogP contribution in [0.1, 0.15) is 18.1 Å². The van der Waals surface area contributed by atoms with Crippen LogP contribution in [-0.4, -0.2) is 22.8 Å². The number of halogens is 1. The first-order valence-electron chi connectivity index (χ1n) is 8.21. The van der Waals surface area contributed by atoms with Crippen molar-refractivity contribution >= 4 is 33.9 Å². The van der Waals surface area contributed by atoms with Crippen LogP contribution in [-0.2, 0) is 0 Å². The van der Waals surface area contributed by atoms with E-state index in [4.69, 9.17) is 21.1 Å². The molecule has 0 spiro atoms. The first-order chi connectivity index (χ1) is 12.9. The smallest absolute Gasteiger partial charge is 0.169 e. The molecule has 0 saturated heterocycles. The molecule has 1 atom stereocenters. The van der Waals surface area contributed by atoms with Crippen LogP contribution in [0.4, 0.5) is 11.4 Å². The zero-order chi connectivity index (χ0) is 19.6. The van der Waals surface area contributed by atoms with Gasteiger partial charge in [0.05, 0.1) is 23.9 Å². The van der Waals surface area contributed by atoms with Crippen LogP contribution < -0.4 is 14.8 Å². The third-order valence-electron chi connectivity index (χ3n) is 4.04. The second-order valence-electron chi connectivity index (χ2n) is 5.97. The van der Waals surface area contributed by atoms with Gasteiger partial charge >= 0.3 is 0 Å². The average Bonchev–Trinajstić information content (AvgIpc) is 2.64. The number of nitriles is 1. The summed E-state index contributed by atoms with van der Waals surface area (Å²) >= 11 is 5.93. The van der Waals surface area contributed by atoms with Gasteiger partial charge in [-0.15, -0.1) is 0 Å². The summed E-state index contributed by atoms with van der Waals surface area (Å²) in [6.45, 7) is 3.51. The molecule has 2 N–H and O–H groups in total. The van der Waals surface area contributed by atoms with Crippen molar-refractivity contribution in [3.05, 3.63) is 47.7 Å². The number of phenolic OH excluding ortho intramolecular Hbond substituents is 1. The van der Waals surface area contributed by atoms with E-state index in [9.17, 15) is 10.4 Å². The van der Waals surface area contributed by atoms with Crippen LogP contribution in [0.3, 0.4) is 0 Å². The predicted molar refractivity (Wildman–Crippen MR) is 105 cm³/mol. The number of nitrogens with one attached hydrogen (secondary N) is 1. The van der Waals surface area contributed by atoms with Crippen molar-refractivity contribution in [2.24, 2.45) is 0 Å². The van der Waals surface area contributed by atoms with Crippen molar-refractivity contribution in [1.29, 1.82) is 5.26 Å². The number of aromatic hydroxyl groups is 1. The number of alkyl halides is 1. The van der Waals surface area contributed by atoms with E-state index in [1.165, 1.54) is 13.3 Å². The molecule has 27 heavy (non-hydrogen) atoms. The van der Waals surface area contributed by atoms with Gasteiger partial charge in [0.1, 0.15) is 11.8 Å². The minimum Gasteiger partial charge on any atom is -0.508 e. The third-order valence-corrected chi connectivity index (χ3v) is 4.13. The van der Waals surface area contributed by atoms with Crippen LogP contribution in [0.2, 0.25) is 0 Å². The van der Waals surface area contributed by atoms with Gasteiger partial charge in [-0.2, -0.15) is 5.26 Å². The summed E-state index contributed by atoms with van der Waals surface area (Å²) in [6.07, 6.45) is 1.49. The largest absolute Gasteiger partial charge is 0.508 e. The zero-order valence-corrected chi connectivity index (χ0v) is 15.8. The molecule has 1 unspecified atom stereocenters. The number of aryl methyl sites for hydroxylation is 1. The van der Waals surface area contributed by atoms with Crippen molar-refractivity contribution in [2.45, 2.75) is 19.4 Å². The molecule has 138 valence electrons. The maximum atomic E-state index is 9.95. The molecule has 0 radical (unpaired) electrons. The van der Waals surface area contributed by atoms with Crippen LogP contribution in [0, 0.1) is 18.3 Å². The van der Waals surface area contributed by atoms with Crippen molar-refractivity contribution in [1.82, 2.24) is 4.98 Å². The summed E-state index contributed by atoms with van der Waals surface area (Å²) < 4.78 is 11.0. The van der Waals surface area contributed by atoms with Crippen molar-refractivity contribution < 1.29 is 14.6 Å². The minimum absolute atomic E-state index is 0.168. The Kier molecular flexibility index (Phi) is 5.24. The second-order valence-corrected chi connectivity index (χ2v) is 6.58. The van der Waals surface area contributed by atoms with Gasteiger partial charge < -0.3 is 19.9 Å². The molecule has 0 fully saturated rings. The van der Waals surface area contributed by atoms with Gasteiger partial charge in [-0.1, -0.05) is 17.7 Å². The number of fused-ring (bicyclic) bond motifs is 1. The molecule has 7 heteroatoms. The highest BCUT2D eigenvalue weighted by atomic mass is 35.5. The Labute approximate surface area is 161 Å². The number of pyridine rings is 1. The number of nitrogens with zero attached hydrogens (tertiary/aromatic N) is 2. The quantitative estimate of drug-likeness (QED) is 0.613.